The van der Waals surface area contributed by atoms with Crippen molar-refractivity contribution in [3.63, 3.8) is 0 Å². The second-order valence-corrected chi connectivity index (χ2v) is 4.60. The fourth-order valence-electron chi connectivity index (χ4n) is 2.09. The molecule has 0 spiro atoms. The Hall–Kier alpha value is -3.28. The molecular formula is C16H12N4O2. The number of benzene rings is 2. The molecule has 3 aromatic rings. The van der Waals surface area contributed by atoms with E-state index in [1.807, 2.05) is 42.5 Å². The van der Waals surface area contributed by atoms with Gasteiger partial charge in [-0.3, -0.25) is 15.5 Å². The van der Waals surface area contributed by atoms with E-state index in [9.17, 15) is 10.1 Å². The van der Waals surface area contributed by atoms with E-state index in [1.54, 1.807) is 6.21 Å². The summed E-state index contributed by atoms with van der Waals surface area (Å²) in [6, 6.07) is 16.9. The molecule has 6 nitrogen and oxygen atoms in total. The molecule has 0 aliphatic heterocycles. The van der Waals surface area contributed by atoms with E-state index in [2.05, 4.69) is 15.5 Å². The zero-order chi connectivity index (χ0) is 15.4. The predicted molar refractivity (Wildman–Crippen MR) is 86.1 cm³/mol. The molecule has 0 amide bonds. The molecule has 108 valence electrons. The molecule has 0 radical (unpaired) electrons. The molecule has 22 heavy (non-hydrogen) atoms. The van der Waals surface area contributed by atoms with Crippen LogP contribution in [0.15, 0.2) is 65.9 Å². The fourth-order valence-corrected chi connectivity index (χ4v) is 2.09. The van der Waals surface area contributed by atoms with Crippen LogP contribution in [0.4, 0.5) is 11.5 Å². The van der Waals surface area contributed by atoms with Gasteiger partial charge < -0.3 is 0 Å². The third-order valence-electron chi connectivity index (χ3n) is 3.16. The Bertz CT molecular complexity index is 839. The maximum Gasteiger partial charge on any atom is 0.287 e. The van der Waals surface area contributed by atoms with Crippen molar-refractivity contribution in [1.29, 1.82) is 0 Å². The first-order valence-electron chi connectivity index (χ1n) is 6.61. The normalized spacial score (nSPS) is 10.9. The van der Waals surface area contributed by atoms with Gasteiger partial charge in [-0.2, -0.15) is 5.10 Å². The molecule has 2 aromatic carbocycles. The predicted octanol–water partition coefficient (Wildman–Crippen LogP) is 3.59. The lowest BCUT2D eigenvalue weighted by Gasteiger charge is -2.02. The summed E-state index contributed by atoms with van der Waals surface area (Å²) in [6.07, 6.45) is 2.89. The maximum atomic E-state index is 10.6. The molecule has 3 rings (SSSR count). The number of nitrogens with one attached hydrogen (secondary N) is 1. The molecule has 0 aliphatic carbocycles. The van der Waals surface area contributed by atoms with Crippen LogP contribution < -0.4 is 5.43 Å². The second kappa shape index (κ2) is 6.01. The van der Waals surface area contributed by atoms with Gasteiger partial charge in [0, 0.05) is 11.6 Å². The Balaban J connectivity index is 1.77. The zero-order valence-corrected chi connectivity index (χ0v) is 11.5. The molecule has 0 fully saturated rings. The van der Waals surface area contributed by atoms with Gasteiger partial charge in [0.25, 0.3) is 5.69 Å². The summed E-state index contributed by atoms with van der Waals surface area (Å²) in [7, 11) is 0. The molecule has 0 aliphatic rings. The number of pyridine rings is 1. The standard InChI is InChI=1S/C16H12N4O2/c21-20(22)14-8-9-16(17-11-14)19-18-10-13-6-3-5-12-4-1-2-7-15(12)13/h1-11H,(H,17,19)/b18-10+. The van der Waals surface area contributed by atoms with E-state index in [4.69, 9.17) is 0 Å². The Labute approximate surface area is 126 Å². The topological polar surface area (TPSA) is 80.4 Å². The number of hydrogen-bond acceptors (Lipinski definition) is 5. The summed E-state index contributed by atoms with van der Waals surface area (Å²) < 4.78 is 0. The van der Waals surface area contributed by atoms with Gasteiger partial charge in [-0.15, -0.1) is 0 Å². The van der Waals surface area contributed by atoms with Gasteiger partial charge in [0.15, 0.2) is 0 Å². The first-order chi connectivity index (χ1) is 10.7. The Kier molecular flexibility index (Phi) is 3.74. The lowest BCUT2D eigenvalue weighted by Crippen LogP contribution is -1.95. The lowest BCUT2D eigenvalue weighted by atomic mass is 10.1. The fraction of sp³-hybridized carbons (Fsp3) is 0. The van der Waals surface area contributed by atoms with Gasteiger partial charge in [-0.05, 0) is 16.8 Å². The summed E-state index contributed by atoms with van der Waals surface area (Å²) in [5.41, 5.74) is 3.69. The average molecular weight is 292 g/mol. The van der Waals surface area contributed by atoms with Crippen molar-refractivity contribution < 1.29 is 4.92 Å². The number of anilines is 1. The molecule has 1 N–H and O–H groups in total. The van der Waals surface area contributed by atoms with Gasteiger partial charge in [0.05, 0.1) is 11.1 Å². The summed E-state index contributed by atoms with van der Waals surface area (Å²) in [4.78, 5) is 14.0. The molecule has 0 unspecified atom stereocenters. The van der Waals surface area contributed by atoms with Gasteiger partial charge in [-0.1, -0.05) is 42.5 Å². The van der Waals surface area contributed by atoms with Gasteiger partial charge in [-0.25, -0.2) is 4.98 Å². The first-order valence-corrected chi connectivity index (χ1v) is 6.61. The number of nitro groups is 1. The van der Waals surface area contributed by atoms with Crippen molar-refractivity contribution in [2.45, 2.75) is 0 Å². The molecule has 0 atom stereocenters. The van der Waals surface area contributed by atoms with E-state index in [0.717, 1.165) is 16.3 Å². The maximum absolute atomic E-state index is 10.6. The number of hydrazone groups is 1. The van der Waals surface area contributed by atoms with Crippen LogP contribution in [-0.2, 0) is 0 Å². The summed E-state index contributed by atoms with van der Waals surface area (Å²) in [5, 5.41) is 16.9. The number of aromatic nitrogens is 1. The Morgan fingerprint density at radius 3 is 2.68 bits per heavy atom. The van der Waals surface area contributed by atoms with Crippen LogP contribution in [-0.4, -0.2) is 16.1 Å². The molecule has 0 saturated heterocycles. The van der Waals surface area contributed by atoms with Crippen LogP contribution in [0, 0.1) is 10.1 Å². The second-order valence-electron chi connectivity index (χ2n) is 4.60. The molecule has 1 heterocycles. The molecule has 6 heteroatoms. The minimum absolute atomic E-state index is 0.0522. The smallest absolute Gasteiger partial charge is 0.261 e. The van der Waals surface area contributed by atoms with Crippen molar-refractivity contribution in [3.05, 3.63) is 76.5 Å². The molecule has 0 bridgehead atoms. The lowest BCUT2D eigenvalue weighted by molar-refractivity contribution is -0.385. The number of nitrogens with zero attached hydrogens (tertiary/aromatic N) is 3. The van der Waals surface area contributed by atoms with Crippen molar-refractivity contribution in [3.8, 4) is 0 Å². The third kappa shape index (κ3) is 2.90. The highest BCUT2D eigenvalue weighted by Crippen LogP contribution is 2.17. The van der Waals surface area contributed by atoms with E-state index < -0.39 is 4.92 Å². The van der Waals surface area contributed by atoms with Gasteiger partial charge in [0.2, 0.25) is 0 Å². The Morgan fingerprint density at radius 1 is 1.09 bits per heavy atom. The number of hydrogen-bond donors (Lipinski definition) is 1. The molecular weight excluding hydrogens is 280 g/mol. The summed E-state index contributed by atoms with van der Waals surface area (Å²) in [5.74, 6) is 0.446. The first kappa shape index (κ1) is 13.7. The van der Waals surface area contributed by atoms with Crippen molar-refractivity contribution in [2.24, 2.45) is 5.10 Å². The van der Waals surface area contributed by atoms with Crippen LogP contribution in [0.25, 0.3) is 10.8 Å². The SMILES string of the molecule is O=[N+]([O-])c1ccc(N/N=C/c2cccc3ccccc23)nc1. The summed E-state index contributed by atoms with van der Waals surface area (Å²) in [6.45, 7) is 0. The molecule has 1 aromatic heterocycles. The van der Waals surface area contributed by atoms with Crippen LogP contribution in [0.2, 0.25) is 0 Å². The molecule has 0 saturated carbocycles. The minimum Gasteiger partial charge on any atom is -0.261 e. The highest BCUT2D eigenvalue weighted by atomic mass is 16.6. The van der Waals surface area contributed by atoms with Crippen molar-refractivity contribution in [1.82, 2.24) is 4.98 Å². The van der Waals surface area contributed by atoms with Gasteiger partial charge in [0.1, 0.15) is 12.0 Å². The Morgan fingerprint density at radius 2 is 1.91 bits per heavy atom. The van der Waals surface area contributed by atoms with Crippen molar-refractivity contribution in [2.75, 3.05) is 5.43 Å². The quantitative estimate of drug-likeness (QED) is 0.452. The zero-order valence-electron chi connectivity index (χ0n) is 11.5. The highest BCUT2D eigenvalue weighted by Gasteiger charge is 2.04. The largest absolute Gasteiger partial charge is 0.287 e. The van der Waals surface area contributed by atoms with Crippen LogP contribution >= 0.6 is 0 Å². The van der Waals surface area contributed by atoms with E-state index in [-0.39, 0.29) is 5.69 Å². The van der Waals surface area contributed by atoms with E-state index in [0.29, 0.717) is 5.82 Å². The number of fused-ring (bicyclic) bond motifs is 1. The number of rotatable bonds is 4. The minimum atomic E-state index is -0.490. The van der Waals surface area contributed by atoms with Crippen molar-refractivity contribution >= 4 is 28.5 Å². The summed E-state index contributed by atoms with van der Waals surface area (Å²) >= 11 is 0. The highest BCUT2D eigenvalue weighted by molar-refractivity contribution is 5.99. The average Bonchev–Trinajstić information content (AvgIpc) is 2.55. The van der Waals surface area contributed by atoms with Crippen LogP contribution in [0.5, 0.6) is 0 Å². The third-order valence-corrected chi connectivity index (χ3v) is 3.16. The van der Waals surface area contributed by atoms with E-state index >= 15 is 0 Å². The monoisotopic (exact) mass is 292 g/mol. The van der Waals surface area contributed by atoms with Crippen LogP contribution in [0.1, 0.15) is 5.56 Å². The van der Waals surface area contributed by atoms with E-state index in [1.165, 1.54) is 18.3 Å². The van der Waals surface area contributed by atoms with Gasteiger partial charge >= 0.3 is 0 Å². The van der Waals surface area contributed by atoms with Crippen LogP contribution in [0.3, 0.4) is 0 Å².